The predicted octanol–water partition coefficient (Wildman–Crippen LogP) is 1.46. The molecule has 2 heterocycles. The van der Waals surface area contributed by atoms with E-state index in [-0.39, 0.29) is 6.61 Å². The highest BCUT2D eigenvalue weighted by atomic mass is 127. The van der Waals surface area contributed by atoms with Crippen LogP contribution < -0.4 is 15.5 Å². The molecule has 0 saturated carbocycles. The van der Waals surface area contributed by atoms with E-state index in [2.05, 4.69) is 53.1 Å². The maximum atomic E-state index is 9.00. The minimum atomic E-state index is 0.0124. The number of hydrogen-bond acceptors (Lipinski definition) is 8. The van der Waals surface area contributed by atoms with Gasteiger partial charge in [-0.15, -0.1) is 0 Å². The number of rotatable bonds is 6. The Bertz CT molecular complexity index is 664. The van der Waals surface area contributed by atoms with Crippen LogP contribution in [0.5, 0.6) is 0 Å². The second-order valence-corrected chi connectivity index (χ2v) is 6.41. The van der Waals surface area contributed by atoms with Gasteiger partial charge in [0.15, 0.2) is 0 Å². The maximum absolute atomic E-state index is 9.00. The van der Waals surface area contributed by atoms with Gasteiger partial charge in [-0.25, -0.2) is 0 Å². The SMILES string of the molecule is OCCNc1nc(Nc2ccc(I)cc2)nc(N2CCOCC2)n1. The molecular formula is C15H19IN6O2. The lowest BCUT2D eigenvalue weighted by atomic mass is 10.3. The Morgan fingerprint density at radius 1 is 1.08 bits per heavy atom. The van der Waals surface area contributed by atoms with Gasteiger partial charge in [-0.05, 0) is 46.9 Å². The number of halogens is 1. The molecule has 0 bridgehead atoms. The van der Waals surface area contributed by atoms with E-state index in [9.17, 15) is 0 Å². The van der Waals surface area contributed by atoms with Crippen LogP contribution in [0.15, 0.2) is 24.3 Å². The van der Waals surface area contributed by atoms with Gasteiger partial charge in [-0.2, -0.15) is 15.0 Å². The fourth-order valence-corrected chi connectivity index (χ4v) is 2.59. The van der Waals surface area contributed by atoms with Crippen molar-refractivity contribution in [2.45, 2.75) is 0 Å². The molecule has 128 valence electrons. The van der Waals surface area contributed by atoms with E-state index >= 15 is 0 Å². The largest absolute Gasteiger partial charge is 0.395 e. The molecule has 0 amide bonds. The van der Waals surface area contributed by atoms with Crippen molar-refractivity contribution in [1.82, 2.24) is 15.0 Å². The molecule has 8 nitrogen and oxygen atoms in total. The third kappa shape index (κ3) is 4.65. The van der Waals surface area contributed by atoms with Crippen LogP contribution in [0.3, 0.4) is 0 Å². The smallest absolute Gasteiger partial charge is 0.233 e. The van der Waals surface area contributed by atoms with Gasteiger partial charge in [0, 0.05) is 28.9 Å². The molecule has 3 N–H and O–H groups in total. The fourth-order valence-electron chi connectivity index (χ4n) is 2.23. The standard InChI is InChI=1S/C15H19IN6O2/c16-11-1-3-12(4-2-11)18-14-19-13(17-5-8-23)20-15(21-14)22-6-9-24-10-7-22/h1-4,23H,5-10H2,(H2,17,18,19,20,21). The summed E-state index contributed by atoms with van der Waals surface area (Å²) in [6.45, 7) is 3.20. The summed E-state index contributed by atoms with van der Waals surface area (Å²) in [7, 11) is 0. The predicted molar refractivity (Wildman–Crippen MR) is 101 cm³/mol. The number of hydrogen-bond donors (Lipinski definition) is 3. The molecule has 0 spiro atoms. The third-order valence-electron chi connectivity index (χ3n) is 3.41. The summed E-state index contributed by atoms with van der Waals surface area (Å²) in [4.78, 5) is 15.4. The van der Waals surface area contributed by atoms with Crippen LogP contribution in [0.1, 0.15) is 0 Å². The first kappa shape index (κ1) is 17.1. The Labute approximate surface area is 153 Å². The van der Waals surface area contributed by atoms with Crippen molar-refractivity contribution in [2.75, 3.05) is 55.0 Å². The Morgan fingerprint density at radius 2 is 1.79 bits per heavy atom. The summed E-state index contributed by atoms with van der Waals surface area (Å²) in [5.74, 6) is 1.50. The van der Waals surface area contributed by atoms with Crippen LogP contribution in [-0.2, 0) is 4.74 Å². The second-order valence-electron chi connectivity index (χ2n) is 5.16. The van der Waals surface area contributed by atoms with Crippen LogP contribution in [0.2, 0.25) is 0 Å². The molecular weight excluding hydrogens is 423 g/mol. The molecule has 1 aliphatic heterocycles. The highest BCUT2D eigenvalue weighted by molar-refractivity contribution is 14.1. The van der Waals surface area contributed by atoms with Crippen molar-refractivity contribution in [2.24, 2.45) is 0 Å². The molecule has 0 aliphatic carbocycles. The molecule has 0 radical (unpaired) electrons. The highest BCUT2D eigenvalue weighted by Gasteiger charge is 2.16. The van der Waals surface area contributed by atoms with Crippen LogP contribution in [0.4, 0.5) is 23.5 Å². The summed E-state index contributed by atoms with van der Waals surface area (Å²) in [5, 5.41) is 15.2. The fraction of sp³-hybridized carbons (Fsp3) is 0.400. The van der Waals surface area contributed by atoms with Gasteiger partial charge in [0.1, 0.15) is 0 Å². The highest BCUT2D eigenvalue weighted by Crippen LogP contribution is 2.19. The summed E-state index contributed by atoms with van der Waals surface area (Å²) in [6, 6.07) is 7.97. The molecule has 1 saturated heterocycles. The molecule has 24 heavy (non-hydrogen) atoms. The minimum Gasteiger partial charge on any atom is -0.395 e. The van der Waals surface area contributed by atoms with Crippen molar-refractivity contribution in [1.29, 1.82) is 0 Å². The second kappa shape index (κ2) is 8.40. The van der Waals surface area contributed by atoms with Gasteiger partial charge >= 0.3 is 0 Å². The quantitative estimate of drug-likeness (QED) is 0.579. The summed E-state index contributed by atoms with van der Waals surface area (Å²) in [5.41, 5.74) is 0.905. The number of nitrogens with one attached hydrogen (secondary N) is 2. The Morgan fingerprint density at radius 3 is 2.50 bits per heavy atom. The summed E-state index contributed by atoms with van der Waals surface area (Å²) >= 11 is 2.26. The zero-order valence-corrected chi connectivity index (χ0v) is 15.2. The molecule has 1 aromatic heterocycles. The number of anilines is 4. The average Bonchev–Trinajstić information content (AvgIpc) is 2.62. The molecule has 1 aliphatic rings. The van der Waals surface area contributed by atoms with Crippen molar-refractivity contribution >= 4 is 46.1 Å². The number of aliphatic hydroxyl groups excluding tert-OH is 1. The van der Waals surface area contributed by atoms with E-state index in [1.165, 1.54) is 0 Å². The number of morpholine rings is 1. The molecule has 9 heteroatoms. The van der Waals surface area contributed by atoms with E-state index in [0.717, 1.165) is 22.3 Å². The molecule has 3 rings (SSSR count). The Kier molecular flexibility index (Phi) is 5.99. The van der Waals surface area contributed by atoms with Crippen LogP contribution >= 0.6 is 22.6 Å². The molecule has 1 fully saturated rings. The van der Waals surface area contributed by atoms with Gasteiger partial charge in [-0.1, -0.05) is 0 Å². The average molecular weight is 442 g/mol. The number of aromatic nitrogens is 3. The van der Waals surface area contributed by atoms with E-state index in [0.29, 0.717) is 37.6 Å². The first-order chi connectivity index (χ1) is 11.7. The summed E-state index contributed by atoms with van der Waals surface area (Å²) in [6.07, 6.45) is 0. The van der Waals surface area contributed by atoms with E-state index < -0.39 is 0 Å². The molecule has 2 aromatic rings. The van der Waals surface area contributed by atoms with Gasteiger partial charge in [0.2, 0.25) is 17.8 Å². The molecule has 1 aromatic carbocycles. The lowest BCUT2D eigenvalue weighted by Crippen LogP contribution is -2.37. The lowest BCUT2D eigenvalue weighted by molar-refractivity contribution is 0.122. The lowest BCUT2D eigenvalue weighted by Gasteiger charge is -2.27. The first-order valence-electron chi connectivity index (χ1n) is 7.71. The van der Waals surface area contributed by atoms with Gasteiger partial charge < -0.3 is 25.4 Å². The van der Waals surface area contributed by atoms with Crippen molar-refractivity contribution < 1.29 is 9.84 Å². The van der Waals surface area contributed by atoms with Crippen LogP contribution in [0.25, 0.3) is 0 Å². The van der Waals surface area contributed by atoms with Gasteiger partial charge in [-0.3, -0.25) is 0 Å². The van der Waals surface area contributed by atoms with Crippen molar-refractivity contribution in [3.8, 4) is 0 Å². The first-order valence-corrected chi connectivity index (χ1v) is 8.78. The molecule has 0 atom stereocenters. The monoisotopic (exact) mass is 442 g/mol. The van der Waals surface area contributed by atoms with E-state index in [1.807, 2.05) is 24.3 Å². The number of benzene rings is 1. The zero-order valence-electron chi connectivity index (χ0n) is 13.1. The minimum absolute atomic E-state index is 0.0124. The third-order valence-corrected chi connectivity index (χ3v) is 4.13. The number of ether oxygens (including phenoxy) is 1. The van der Waals surface area contributed by atoms with Crippen molar-refractivity contribution in [3.63, 3.8) is 0 Å². The van der Waals surface area contributed by atoms with Gasteiger partial charge in [0.25, 0.3) is 0 Å². The zero-order chi connectivity index (χ0) is 16.8. The Balaban J connectivity index is 1.84. The molecule has 0 unspecified atom stereocenters. The van der Waals surface area contributed by atoms with Gasteiger partial charge in [0.05, 0.1) is 19.8 Å². The van der Waals surface area contributed by atoms with Crippen molar-refractivity contribution in [3.05, 3.63) is 27.8 Å². The normalized spacial score (nSPS) is 14.5. The van der Waals surface area contributed by atoms with E-state index in [4.69, 9.17) is 9.84 Å². The van der Waals surface area contributed by atoms with E-state index in [1.54, 1.807) is 0 Å². The number of aliphatic hydroxyl groups is 1. The van der Waals surface area contributed by atoms with Crippen LogP contribution in [0, 0.1) is 3.57 Å². The summed E-state index contributed by atoms with van der Waals surface area (Å²) < 4.78 is 6.54. The number of nitrogens with zero attached hydrogens (tertiary/aromatic N) is 4. The topological polar surface area (TPSA) is 95.4 Å². The maximum Gasteiger partial charge on any atom is 0.233 e. The van der Waals surface area contributed by atoms with Crippen LogP contribution in [-0.4, -0.2) is 59.5 Å². The Hall–Kier alpha value is -1.72.